The summed E-state index contributed by atoms with van der Waals surface area (Å²) >= 11 is 0. The van der Waals surface area contributed by atoms with E-state index < -0.39 is 5.41 Å². The smallest absolute Gasteiger partial charge is 0.317 e. The van der Waals surface area contributed by atoms with Crippen LogP contribution in [-0.4, -0.2) is 19.6 Å². The molecular formula is C18H21NO2. The molecule has 0 amide bonds. The second kappa shape index (κ2) is 6.55. The summed E-state index contributed by atoms with van der Waals surface area (Å²) in [6, 6.07) is 17.8. The van der Waals surface area contributed by atoms with Crippen molar-refractivity contribution in [2.75, 3.05) is 13.7 Å². The van der Waals surface area contributed by atoms with Crippen LogP contribution in [0.1, 0.15) is 16.7 Å². The Kier molecular flexibility index (Phi) is 4.76. The van der Waals surface area contributed by atoms with Crippen LogP contribution in [0.3, 0.4) is 0 Å². The average molecular weight is 283 g/mol. The fraction of sp³-hybridized carbons (Fsp3) is 0.278. The van der Waals surface area contributed by atoms with Gasteiger partial charge in [0.15, 0.2) is 0 Å². The van der Waals surface area contributed by atoms with Crippen LogP contribution >= 0.6 is 0 Å². The van der Waals surface area contributed by atoms with Gasteiger partial charge in [-0.2, -0.15) is 0 Å². The number of aryl methyl sites for hydroxylation is 1. The second-order valence-electron chi connectivity index (χ2n) is 5.31. The number of rotatable bonds is 5. The van der Waals surface area contributed by atoms with Crippen molar-refractivity contribution < 1.29 is 9.53 Å². The van der Waals surface area contributed by atoms with Crippen LogP contribution in [0.2, 0.25) is 0 Å². The standard InChI is InChI=1S/C18H21NO2/c1-14-7-6-10-16(11-14)18(13-19,17(20)21-2)12-15-8-4-3-5-9-15/h3-11H,12-13,19H2,1-2H3. The van der Waals surface area contributed by atoms with Crippen LogP contribution in [0, 0.1) is 6.92 Å². The van der Waals surface area contributed by atoms with Gasteiger partial charge in [0.1, 0.15) is 5.41 Å². The number of ether oxygens (including phenoxy) is 1. The van der Waals surface area contributed by atoms with Gasteiger partial charge < -0.3 is 10.5 Å². The summed E-state index contributed by atoms with van der Waals surface area (Å²) in [6.07, 6.45) is 0.528. The highest BCUT2D eigenvalue weighted by Crippen LogP contribution is 2.30. The van der Waals surface area contributed by atoms with Gasteiger partial charge in [-0.15, -0.1) is 0 Å². The Balaban J connectivity index is 2.50. The maximum atomic E-state index is 12.5. The molecule has 1 unspecified atom stereocenters. The molecule has 0 aliphatic carbocycles. The van der Waals surface area contributed by atoms with Gasteiger partial charge in [-0.25, -0.2) is 0 Å². The van der Waals surface area contributed by atoms with Crippen molar-refractivity contribution in [2.24, 2.45) is 5.73 Å². The van der Waals surface area contributed by atoms with Crippen LogP contribution < -0.4 is 5.73 Å². The molecule has 21 heavy (non-hydrogen) atoms. The van der Waals surface area contributed by atoms with Gasteiger partial charge in [-0.1, -0.05) is 60.2 Å². The molecule has 0 aliphatic rings. The van der Waals surface area contributed by atoms with Crippen LogP contribution in [0.5, 0.6) is 0 Å². The van der Waals surface area contributed by atoms with Gasteiger partial charge in [-0.3, -0.25) is 4.79 Å². The number of methoxy groups -OCH3 is 1. The maximum absolute atomic E-state index is 12.5. The molecule has 2 rings (SSSR count). The largest absolute Gasteiger partial charge is 0.468 e. The molecule has 1 atom stereocenters. The molecule has 2 aromatic carbocycles. The molecule has 0 saturated heterocycles. The molecule has 0 bridgehead atoms. The lowest BCUT2D eigenvalue weighted by Crippen LogP contribution is -2.45. The molecule has 110 valence electrons. The second-order valence-corrected chi connectivity index (χ2v) is 5.31. The highest BCUT2D eigenvalue weighted by molar-refractivity contribution is 5.84. The highest BCUT2D eigenvalue weighted by atomic mass is 16.5. The first kappa shape index (κ1) is 15.3. The van der Waals surface area contributed by atoms with E-state index in [1.165, 1.54) is 7.11 Å². The first-order valence-electron chi connectivity index (χ1n) is 7.02. The van der Waals surface area contributed by atoms with Gasteiger partial charge >= 0.3 is 5.97 Å². The average Bonchev–Trinajstić information content (AvgIpc) is 2.53. The number of nitrogens with two attached hydrogens (primary N) is 1. The Morgan fingerprint density at radius 3 is 2.43 bits per heavy atom. The summed E-state index contributed by atoms with van der Waals surface area (Å²) in [5, 5.41) is 0. The summed E-state index contributed by atoms with van der Waals surface area (Å²) in [7, 11) is 1.41. The normalized spacial score (nSPS) is 13.5. The van der Waals surface area contributed by atoms with E-state index in [0.29, 0.717) is 6.42 Å². The molecule has 3 heteroatoms. The Morgan fingerprint density at radius 1 is 1.14 bits per heavy atom. The van der Waals surface area contributed by atoms with E-state index in [0.717, 1.165) is 16.7 Å². The molecule has 3 nitrogen and oxygen atoms in total. The van der Waals surface area contributed by atoms with E-state index in [2.05, 4.69) is 0 Å². The zero-order valence-electron chi connectivity index (χ0n) is 12.5. The first-order chi connectivity index (χ1) is 10.1. The van der Waals surface area contributed by atoms with Crippen molar-refractivity contribution in [1.29, 1.82) is 0 Å². The summed E-state index contributed by atoms with van der Waals surface area (Å²) in [6.45, 7) is 2.21. The third-order valence-corrected chi connectivity index (χ3v) is 3.84. The van der Waals surface area contributed by atoms with Crippen molar-refractivity contribution in [1.82, 2.24) is 0 Å². The number of hydrogen-bond donors (Lipinski definition) is 1. The molecule has 0 aliphatic heterocycles. The summed E-state index contributed by atoms with van der Waals surface area (Å²) in [5.41, 5.74) is 8.24. The number of benzene rings is 2. The Hall–Kier alpha value is -2.13. The third-order valence-electron chi connectivity index (χ3n) is 3.84. The highest BCUT2D eigenvalue weighted by Gasteiger charge is 2.40. The van der Waals surface area contributed by atoms with Crippen LogP contribution in [0.4, 0.5) is 0 Å². The number of esters is 1. The monoisotopic (exact) mass is 283 g/mol. The molecule has 2 aromatic rings. The third kappa shape index (κ3) is 3.14. The van der Waals surface area contributed by atoms with Crippen molar-refractivity contribution >= 4 is 5.97 Å². The fourth-order valence-corrected chi connectivity index (χ4v) is 2.65. The lowest BCUT2D eigenvalue weighted by Gasteiger charge is -2.30. The number of carbonyl (C=O) groups excluding carboxylic acids is 1. The zero-order valence-corrected chi connectivity index (χ0v) is 12.5. The Labute approximate surface area is 125 Å². The van der Waals surface area contributed by atoms with E-state index >= 15 is 0 Å². The molecule has 0 radical (unpaired) electrons. The SMILES string of the molecule is COC(=O)C(CN)(Cc1ccccc1)c1cccc(C)c1. The lowest BCUT2D eigenvalue weighted by molar-refractivity contribution is -0.147. The maximum Gasteiger partial charge on any atom is 0.317 e. The van der Waals surface area contributed by atoms with Crippen LogP contribution in [-0.2, 0) is 21.4 Å². The molecule has 0 saturated carbocycles. The molecule has 0 heterocycles. The van der Waals surface area contributed by atoms with Crippen LogP contribution in [0.15, 0.2) is 54.6 Å². The molecule has 0 aromatic heterocycles. The van der Waals surface area contributed by atoms with Crippen molar-refractivity contribution in [3.8, 4) is 0 Å². The summed E-state index contributed by atoms with van der Waals surface area (Å²) in [4.78, 5) is 12.5. The molecular weight excluding hydrogens is 262 g/mol. The molecule has 0 fully saturated rings. The van der Waals surface area contributed by atoms with Gasteiger partial charge in [-0.05, 0) is 24.5 Å². The summed E-state index contributed by atoms with van der Waals surface area (Å²) < 4.78 is 5.05. The van der Waals surface area contributed by atoms with E-state index in [-0.39, 0.29) is 12.5 Å². The van der Waals surface area contributed by atoms with Gasteiger partial charge in [0.05, 0.1) is 7.11 Å². The summed E-state index contributed by atoms with van der Waals surface area (Å²) in [5.74, 6) is -0.292. The van der Waals surface area contributed by atoms with E-state index in [1.807, 2.05) is 61.5 Å². The molecule has 2 N–H and O–H groups in total. The predicted molar refractivity (Wildman–Crippen MR) is 84.1 cm³/mol. The Bertz CT molecular complexity index is 610. The lowest BCUT2D eigenvalue weighted by atomic mass is 9.75. The van der Waals surface area contributed by atoms with E-state index in [1.54, 1.807) is 0 Å². The quantitative estimate of drug-likeness (QED) is 0.858. The fourth-order valence-electron chi connectivity index (χ4n) is 2.65. The number of carbonyl (C=O) groups is 1. The topological polar surface area (TPSA) is 52.3 Å². The van der Waals surface area contributed by atoms with Crippen molar-refractivity contribution in [3.63, 3.8) is 0 Å². The molecule has 0 spiro atoms. The van der Waals surface area contributed by atoms with Gasteiger partial charge in [0.25, 0.3) is 0 Å². The van der Waals surface area contributed by atoms with E-state index in [4.69, 9.17) is 10.5 Å². The first-order valence-corrected chi connectivity index (χ1v) is 7.02. The predicted octanol–water partition coefficient (Wildman–Crippen LogP) is 2.61. The van der Waals surface area contributed by atoms with Crippen molar-refractivity contribution in [2.45, 2.75) is 18.8 Å². The minimum Gasteiger partial charge on any atom is -0.468 e. The van der Waals surface area contributed by atoms with Crippen LogP contribution in [0.25, 0.3) is 0 Å². The Morgan fingerprint density at radius 2 is 1.86 bits per heavy atom. The minimum absolute atomic E-state index is 0.206. The zero-order chi connectivity index (χ0) is 15.3. The van der Waals surface area contributed by atoms with E-state index in [9.17, 15) is 4.79 Å². The van der Waals surface area contributed by atoms with Gasteiger partial charge in [0.2, 0.25) is 0 Å². The van der Waals surface area contributed by atoms with Crippen molar-refractivity contribution in [3.05, 3.63) is 71.3 Å². The van der Waals surface area contributed by atoms with Gasteiger partial charge in [0, 0.05) is 6.54 Å². The number of hydrogen-bond acceptors (Lipinski definition) is 3. The minimum atomic E-state index is -0.845.